The van der Waals surface area contributed by atoms with Crippen LogP contribution in [0.15, 0.2) is 12.1 Å². The van der Waals surface area contributed by atoms with Crippen molar-refractivity contribution in [2.24, 2.45) is 11.7 Å². The summed E-state index contributed by atoms with van der Waals surface area (Å²) in [7, 11) is 0. The average Bonchev–Trinajstić information content (AvgIpc) is 3.11. The lowest BCUT2D eigenvalue weighted by atomic mass is 10.0. The van der Waals surface area contributed by atoms with Gasteiger partial charge in [-0.05, 0) is 49.3 Å². The van der Waals surface area contributed by atoms with Crippen LogP contribution >= 0.6 is 35.6 Å². The number of benzene rings is 1. The Morgan fingerprint density at radius 2 is 2.05 bits per heavy atom. The Morgan fingerprint density at radius 1 is 1.37 bits per heavy atom. The monoisotopic (exact) mass is 323 g/mol. The molecule has 0 aliphatic heterocycles. The largest absolute Gasteiger partial charge is 0.491 e. The van der Waals surface area contributed by atoms with Crippen molar-refractivity contribution in [3.63, 3.8) is 0 Å². The van der Waals surface area contributed by atoms with Crippen LogP contribution in [0.5, 0.6) is 5.75 Å². The van der Waals surface area contributed by atoms with Crippen molar-refractivity contribution < 1.29 is 4.74 Å². The van der Waals surface area contributed by atoms with Crippen LogP contribution in [-0.2, 0) is 6.42 Å². The summed E-state index contributed by atoms with van der Waals surface area (Å²) in [5, 5.41) is 1.22. The van der Waals surface area contributed by atoms with Crippen LogP contribution in [0.1, 0.15) is 31.7 Å². The van der Waals surface area contributed by atoms with Crippen LogP contribution in [0.2, 0.25) is 10.0 Å². The number of nitrogens with two attached hydrogens (primary N) is 1. The Bertz CT molecular complexity index is 421. The summed E-state index contributed by atoms with van der Waals surface area (Å²) < 4.78 is 5.85. The fraction of sp³-hybridized carbons (Fsp3) is 0.571. The van der Waals surface area contributed by atoms with Gasteiger partial charge >= 0.3 is 0 Å². The molecule has 1 saturated carbocycles. The molecule has 0 bridgehead atoms. The molecule has 1 aliphatic rings. The molecule has 0 spiro atoms. The normalized spacial score (nSPS) is 15.8. The third-order valence-corrected chi connectivity index (χ3v) is 3.75. The highest BCUT2D eigenvalue weighted by Crippen LogP contribution is 2.36. The van der Waals surface area contributed by atoms with E-state index in [-0.39, 0.29) is 18.4 Å². The van der Waals surface area contributed by atoms with E-state index in [4.69, 9.17) is 33.7 Å². The van der Waals surface area contributed by atoms with E-state index < -0.39 is 0 Å². The lowest BCUT2D eigenvalue weighted by molar-refractivity contribution is 0.296. The van der Waals surface area contributed by atoms with Crippen molar-refractivity contribution >= 4 is 35.6 Å². The van der Waals surface area contributed by atoms with Crippen molar-refractivity contribution in [1.29, 1.82) is 0 Å². The molecule has 19 heavy (non-hydrogen) atoms. The molecule has 5 heteroatoms. The number of halogens is 3. The van der Waals surface area contributed by atoms with Gasteiger partial charge in [-0.3, -0.25) is 0 Å². The maximum absolute atomic E-state index is 6.21. The maximum Gasteiger partial charge on any atom is 0.141 e. The summed E-state index contributed by atoms with van der Waals surface area (Å²) in [4.78, 5) is 0. The number of hydrogen-bond donors (Lipinski definition) is 1. The van der Waals surface area contributed by atoms with Crippen LogP contribution < -0.4 is 10.5 Å². The third kappa shape index (κ3) is 5.03. The Morgan fingerprint density at radius 3 is 2.63 bits per heavy atom. The molecule has 1 aliphatic carbocycles. The summed E-state index contributed by atoms with van der Waals surface area (Å²) in [5.41, 5.74) is 7.02. The molecule has 0 heterocycles. The minimum atomic E-state index is 0. The summed E-state index contributed by atoms with van der Waals surface area (Å²) in [5.74, 6) is 1.46. The summed E-state index contributed by atoms with van der Waals surface area (Å²) in [6.07, 6.45) is 4.19. The summed E-state index contributed by atoms with van der Waals surface area (Å²) in [6, 6.07) is 3.75. The van der Waals surface area contributed by atoms with Crippen LogP contribution in [0.25, 0.3) is 0 Å². The van der Waals surface area contributed by atoms with Crippen molar-refractivity contribution in [3.05, 3.63) is 27.7 Å². The molecule has 1 aromatic rings. The predicted octanol–water partition coefficient (Wildman–Crippen LogP) is 4.48. The smallest absolute Gasteiger partial charge is 0.141 e. The van der Waals surface area contributed by atoms with Gasteiger partial charge in [0.1, 0.15) is 5.75 Å². The second-order valence-corrected chi connectivity index (χ2v) is 5.85. The first-order valence-corrected chi connectivity index (χ1v) is 7.22. The lowest BCUT2D eigenvalue weighted by Crippen LogP contribution is -2.22. The van der Waals surface area contributed by atoms with Gasteiger partial charge < -0.3 is 10.5 Å². The van der Waals surface area contributed by atoms with E-state index in [2.05, 4.69) is 6.92 Å². The minimum absolute atomic E-state index is 0. The molecule has 0 amide bonds. The van der Waals surface area contributed by atoms with Crippen molar-refractivity contribution in [3.8, 4) is 5.75 Å². The first-order chi connectivity index (χ1) is 8.60. The third-order valence-electron chi connectivity index (χ3n) is 3.25. The molecular formula is C14H20Cl3NO. The van der Waals surface area contributed by atoms with Gasteiger partial charge in [0, 0.05) is 11.1 Å². The molecule has 1 aromatic carbocycles. The zero-order valence-corrected chi connectivity index (χ0v) is 13.3. The highest BCUT2D eigenvalue weighted by Gasteiger charge is 2.23. The number of rotatable bonds is 6. The molecule has 0 aromatic heterocycles. The second kappa shape index (κ2) is 7.58. The van der Waals surface area contributed by atoms with Gasteiger partial charge in [0.2, 0.25) is 0 Å². The summed E-state index contributed by atoms with van der Waals surface area (Å²) in [6.45, 7) is 2.82. The SMILES string of the molecule is CCC(N)Cc1cc(Cl)cc(Cl)c1OCC1CC1.Cl. The molecule has 1 fully saturated rings. The van der Waals surface area contributed by atoms with Gasteiger partial charge in [0.15, 0.2) is 0 Å². The van der Waals surface area contributed by atoms with Gasteiger partial charge in [-0.2, -0.15) is 0 Å². The molecule has 2 rings (SSSR count). The minimum Gasteiger partial charge on any atom is -0.491 e. The Labute approximate surface area is 131 Å². The fourth-order valence-electron chi connectivity index (χ4n) is 1.84. The Kier molecular flexibility index (Phi) is 6.75. The van der Waals surface area contributed by atoms with E-state index in [1.54, 1.807) is 6.07 Å². The number of ether oxygens (including phenoxy) is 1. The van der Waals surface area contributed by atoms with E-state index in [0.29, 0.717) is 16.0 Å². The average molecular weight is 325 g/mol. The van der Waals surface area contributed by atoms with E-state index in [1.807, 2.05) is 6.07 Å². The molecule has 108 valence electrons. The quantitative estimate of drug-likeness (QED) is 0.837. The zero-order chi connectivity index (χ0) is 13.1. The zero-order valence-electron chi connectivity index (χ0n) is 11.0. The van der Waals surface area contributed by atoms with Gasteiger partial charge in [-0.1, -0.05) is 30.1 Å². The lowest BCUT2D eigenvalue weighted by Gasteiger charge is -2.16. The molecule has 2 nitrogen and oxygen atoms in total. The van der Waals surface area contributed by atoms with E-state index in [0.717, 1.165) is 30.8 Å². The van der Waals surface area contributed by atoms with Gasteiger partial charge in [-0.25, -0.2) is 0 Å². The second-order valence-electron chi connectivity index (χ2n) is 5.00. The highest BCUT2D eigenvalue weighted by atomic mass is 35.5. The Hall–Kier alpha value is -0.150. The van der Waals surface area contributed by atoms with E-state index in [1.165, 1.54) is 12.8 Å². The van der Waals surface area contributed by atoms with Crippen LogP contribution in [-0.4, -0.2) is 12.6 Å². The Balaban J connectivity index is 0.00000180. The molecule has 0 radical (unpaired) electrons. The topological polar surface area (TPSA) is 35.2 Å². The standard InChI is InChI=1S/C14H19Cl2NO.ClH/c1-2-12(17)6-10-5-11(15)7-13(16)14(10)18-8-9-3-4-9;/h5,7,9,12H,2-4,6,8,17H2,1H3;1H. The van der Waals surface area contributed by atoms with Crippen molar-refractivity contribution in [2.75, 3.05) is 6.61 Å². The van der Waals surface area contributed by atoms with E-state index >= 15 is 0 Å². The first-order valence-electron chi connectivity index (χ1n) is 6.46. The van der Waals surface area contributed by atoms with Gasteiger partial charge in [-0.15, -0.1) is 12.4 Å². The highest BCUT2D eigenvalue weighted by molar-refractivity contribution is 6.35. The molecule has 0 saturated heterocycles. The maximum atomic E-state index is 6.21. The van der Waals surface area contributed by atoms with Crippen LogP contribution in [0.4, 0.5) is 0 Å². The van der Waals surface area contributed by atoms with Crippen LogP contribution in [0, 0.1) is 5.92 Å². The number of hydrogen-bond acceptors (Lipinski definition) is 2. The first kappa shape index (κ1) is 16.9. The van der Waals surface area contributed by atoms with Crippen molar-refractivity contribution in [1.82, 2.24) is 0 Å². The molecule has 1 unspecified atom stereocenters. The summed E-state index contributed by atoms with van der Waals surface area (Å²) >= 11 is 12.3. The predicted molar refractivity (Wildman–Crippen MR) is 83.9 cm³/mol. The van der Waals surface area contributed by atoms with Gasteiger partial charge in [0.25, 0.3) is 0 Å². The van der Waals surface area contributed by atoms with E-state index in [9.17, 15) is 0 Å². The molecular weight excluding hydrogens is 305 g/mol. The molecule has 2 N–H and O–H groups in total. The van der Waals surface area contributed by atoms with Crippen molar-refractivity contribution in [2.45, 2.75) is 38.6 Å². The van der Waals surface area contributed by atoms with Gasteiger partial charge in [0.05, 0.1) is 11.6 Å². The van der Waals surface area contributed by atoms with Crippen LogP contribution in [0.3, 0.4) is 0 Å². The fourth-order valence-corrected chi connectivity index (χ4v) is 2.43. The molecule has 1 atom stereocenters.